The molecule has 0 atom stereocenters. The van der Waals surface area contributed by atoms with Gasteiger partial charge in [0.15, 0.2) is 0 Å². The van der Waals surface area contributed by atoms with E-state index in [1.165, 1.54) is 22.5 Å². The fraction of sp³-hybridized carbons (Fsp3) is 0.579. The average Bonchev–Trinajstić information content (AvgIpc) is 2.73. The SMILES string of the molecule is CCC(=O)N1CCN(C(=O)C2CCN(S(=O)(=O)c3ccccc3F)CC2)CC1. The number of amides is 2. The van der Waals surface area contributed by atoms with Crippen LogP contribution in [0.3, 0.4) is 0 Å². The fourth-order valence-electron chi connectivity index (χ4n) is 3.79. The Kier molecular flexibility index (Phi) is 6.34. The topological polar surface area (TPSA) is 78.0 Å². The molecule has 0 spiro atoms. The van der Waals surface area contributed by atoms with Gasteiger partial charge in [-0.2, -0.15) is 4.31 Å². The van der Waals surface area contributed by atoms with Crippen LogP contribution < -0.4 is 0 Å². The number of halogens is 1. The lowest BCUT2D eigenvalue weighted by molar-refractivity contribution is -0.142. The van der Waals surface area contributed by atoms with Crippen LogP contribution in [0.15, 0.2) is 29.2 Å². The first kappa shape index (κ1) is 20.7. The molecule has 0 N–H and O–H groups in total. The van der Waals surface area contributed by atoms with Crippen molar-refractivity contribution in [1.29, 1.82) is 0 Å². The lowest BCUT2D eigenvalue weighted by atomic mass is 9.96. The van der Waals surface area contributed by atoms with Crippen molar-refractivity contribution in [3.8, 4) is 0 Å². The molecule has 2 fully saturated rings. The largest absolute Gasteiger partial charge is 0.339 e. The normalized spacial score (nSPS) is 19.6. The third-order valence-electron chi connectivity index (χ3n) is 5.50. The van der Waals surface area contributed by atoms with Crippen molar-refractivity contribution in [1.82, 2.24) is 14.1 Å². The Hall–Kier alpha value is -2.00. The highest BCUT2D eigenvalue weighted by molar-refractivity contribution is 7.89. The Morgan fingerprint density at radius 2 is 1.57 bits per heavy atom. The summed E-state index contributed by atoms with van der Waals surface area (Å²) in [7, 11) is -3.90. The Morgan fingerprint density at radius 1 is 1.00 bits per heavy atom. The molecule has 1 aromatic carbocycles. The summed E-state index contributed by atoms with van der Waals surface area (Å²) in [5.74, 6) is -0.883. The van der Waals surface area contributed by atoms with E-state index in [2.05, 4.69) is 0 Å². The molecule has 1 aromatic rings. The van der Waals surface area contributed by atoms with Crippen LogP contribution in [0, 0.1) is 11.7 Å². The van der Waals surface area contributed by atoms with E-state index in [4.69, 9.17) is 0 Å². The summed E-state index contributed by atoms with van der Waals surface area (Å²) in [6, 6.07) is 5.34. The number of carbonyl (C=O) groups excluding carboxylic acids is 2. The van der Waals surface area contributed by atoms with E-state index in [9.17, 15) is 22.4 Å². The van der Waals surface area contributed by atoms with E-state index in [0.29, 0.717) is 45.4 Å². The van der Waals surface area contributed by atoms with Crippen LogP contribution in [0.1, 0.15) is 26.2 Å². The highest BCUT2D eigenvalue weighted by atomic mass is 32.2. The summed E-state index contributed by atoms with van der Waals surface area (Å²) < 4.78 is 40.5. The highest BCUT2D eigenvalue weighted by Gasteiger charge is 2.35. The minimum absolute atomic E-state index is 0.0199. The summed E-state index contributed by atoms with van der Waals surface area (Å²) in [4.78, 5) is 27.7. The van der Waals surface area contributed by atoms with Crippen LogP contribution in [0.5, 0.6) is 0 Å². The maximum Gasteiger partial charge on any atom is 0.245 e. The second-order valence-electron chi connectivity index (χ2n) is 7.17. The van der Waals surface area contributed by atoms with E-state index in [1.54, 1.807) is 9.80 Å². The van der Waals surface area contributed by atoms with Crippen LogP contribution in [-0.4, -0.2) is 73.6 Å². The molecule has 154 valence electrons. The van der Waals surface area contributed by atoms with Crippen molar-refractivity contribution in [2.24, 2.45) is 5.92 Å². The quantitative estimate of drug-likeness (QED) is 0.748. The van der Waals surface area contributed by atoms with Crippen molar-refractivity contribution >= 4 is 21.8 Å². The maximum atomic E-state index is 13.9. The van der Waals surface area contributed by atoms with Crippen molar-refractivity contribution in [3.63, 3.8) is 0 Å². The van der Waals surface area contributed by atoms with Crippen LogP contribution >= 0.6 is 0 Å². The predicted molar refractivity (Wildman–Crippen MR) is 101 cm³/mol. The Labute approximate surface area is 165 Å². The Morgan fingerprint density at radius 3 is 2.14 bits per heavy atom. The van der Waals surface area contributed by atoms with Crippen LogP contribution in [-0.2, 0) is 19.6 Å². The minimum Gasteiger partial charge on any atom is -0.339 e. The number of piperidine rings is 1. The number of rotatable bonds is 4. The molecule has 2 heterocycles. The Bertz CT molecular complexity index is 829. The number of piperazine rings is 1. The smallest absolute Gasteiger partial charge is 0.245 e. The summed E-state index contributed by atoms with van der Waals surface area (Å²) >= 11 is 0. The average molecular weight is 411 g/mol. The molecule has 2 amide bonds. The molecule has 0 bridgehead atoms. The zero-order valence-corrected chi connectivity index (χ0v) is 16.8. The van der Waals surface area contributed by atoms with E-state index in [1.807, 2.05) is 6.92 Å². The number of nitrogens with zero attached hydrogens (tertiary/aromatic N) is 3. The predicted octanol–water partition coefficient (Wildman–Crippen LogP) is 1.31. The molecule has 0 radical (unpaired) electrons. The number of hydrogen-bond acceptors (Lipinski definition) is 4. The van der Waals surface area contributed by atoms with Gasteiger partial charge < -0.3 is 9.80 Å². The molecule has 28 heavy (non-hydrogen) atoms. The molecule has 2 aliphatic heterocycles. The monoisotopic (exact) mass is 411 g/mol. The molecule has 0 aromatic heterocycles. The lowest BCUT2D eigenvalue weighted by Crippen LogP contribution is -2.53. The number of sulfonamides is 1. The molecular formula is C19H26FN3O4S. The van der Waals surface area contributed by atoms with Gasteiger partial charge in [0.05, 0.1) is 0 Å². The minimum atomic E-state index is -3.90. The first-order valence-electron chi connectivity index (χ1n) is 9.66. The van der Waals surface area contributed by atoms with Gasteiger partial charge in [-0.3, -0.25) is 9.59 Å². The zero-order chi connectivity index (χ0) is 20.3. The first-order valence-corrected chi connectivity index (χ1v) is 11.1. The van der Waals surface area contributed by atoms with Gasteiger partial charge in [-0.15, -0.1) is 0 Å². The van der Waals surface area contributed by atoms with Crippen LogP contribution in [0.25, 0.3) is 0 Å². The second-order valence-corrected chi connectivity index (χ2v) is 9.07. The lowest BCUT2D eigenvalue weighted by Gasteiger charge is -2.38. The van der Waals surface area contributed by atoms with Gasteiger partial charge in [-0.25, -0.2) is 12.8 Å². The third kappa shape index (κ3) is 4.20. The van der Waals surface area contributed by atoms with Crippen LogP contribution in [0.4, 0.5) is 4.39 Å². The van der Waals surface area contributed by atoms with Gasteiger partial charge in [0.2, 0.25) is 21.8 Å². The van der Waals surface area contributed by atoms with Crippen molar-refractivity contribution in [2.45, 2.75) is 31.1 Å². The number of benzene rings is 1. The van der Waals surface area contributed by atoms with Gasteiger partial charge in [0.1, 0.15) is 10.7 Å². The molecule has 0 aliphatic carbocycles. The molecular weight excluding hydrogens is 385 g/mol. The van der Waals surface area contributed by atoms with Gasteiger partial charge in [-0.05, 0) is 25.0 Å². The summed E-state index contributed by atoms with van der Waals surface area (Å²) in [5.41, 5.74) is 0. The van der Waals surface area contributed by atoms with Crippen molar-refractivity contribution < 1.29 is 22.4 Å². The van der Waals surface area contributed by atoms with E-state index >= 15 is 0 Å². The number of hydrogen-bond donors (Lipinski definition) is 0. The van der Waals surface area contributed by atoms with Crippen molar-refractivity contribution in [3.05, 3.63) is 30.1 Å². The third-order valence-corrected chi connectivity index (χ3v) is 7.44. The number of carbonyl (C=O) groups is 2. The molecule has 9 heteroatoms. The van der Waals surface area contributed by atoms with E-state index in [-0.39, 0.29) is 35.7 Å². The molecule has 2 aliphatic rings. The van der Waals surface area contributed by atoms with Gasteiger partial charge in [-0.1, -0.05) is 19.1 Å². The summed E-state index contributed by atoms with van der Waals surface area (Å²) in [6.07, 6.45) is 1.30. The molecule has 0 unspecified atom stereocenters. The maximum absolute atomic E-state index is 13.9. The molecule has 7 nitrogen and oxygen atoms in total. The van der Waals surface area contributed by atoms with Crippen LogP contribution in [0.2, 0.25) is 0 Å². The standard InChI is InChI=1S/C19H26FN3O4S/c1-2-18(24)21-11-13-22(14-12-21)19(25)15-7-9-23(10-8-15)28(26,27)17-6-4-3-5-16(17)20/h3-6,15H,2,7-14H2,1H3. The molecule has 2 saturated heterocycles. The highest BCUT2D eigenvalue weighted by Crippen LogP contribution is 2.26. The Balaban J connectivity index is 1.56. The second kappa shape index (κ2) is 8.57. The zero-order valence-electron chi connectivity index (χ0n) is 16.0. The molecule has 0 saturated carbocycles. The van der Waals surface area contributed by atoms with Gasteiger partial charge >= 0.3 is 0 Å². The first-order chi connectivity index (χ1) is 13.3. The van der Waals surface area contributed by atoms with Crippen molar-refractivity contribution in [2.75, 3.05) is 39.3 Å². The summed E-state index contributed by atoms with van der Waals surface area (Å²) in [6.45, 7) is 4.32. The summed E-state index contributed by atoms with van der Waals surface area (Å²) in [5, 5.41) is 0. The van der Waals surface area contributed by atoms with E-state index < -0.39 is 15.8 Å². The van der Waals surface area contributed by atoms with E-state index in [0.717, 1.165) is 6.07 Å². The molecule has 3 rings (SSSR count). The fourth-order valence-corrected chi connectivity index (χ4v) is 5.33. The van der Waals surface area contributed by atoms with Gasteiger partial charge in [0, 0.05) is 51.6 Å². The van der Waals surface area contributed by atoms with Gasteiger partial charge in [0.25, 0.3) is 0 Å².